The highest BCUT2D eigenvalue weighted by Gasteiger charge is 2.18. The molecule has 3 heteroatoms. The molecule has 1 aliphatic rings. The van der Waals surface area contributed by atoms with Gasteiger partial charge in [0.15, 0.2) is 0 Å². The van der Waals surface area contributed by atoms with Crippen LogP contribution in [0.1, 0.15) is 29.8 Å². The SMILES string of the molecule is Cc1cc(CC(=O)N2CCCC2)c(C)[nH]1. The van der Waals surface area contributed by atoms with Gasteiger partial charge in [-0.25, -0.2) is 0 Å². The number of nitrogens with zero attached hydrogens (tertiary/aromatic N) is 1. The summed E-state index contributed by atoms with van der Waals surface area (Å²) in [5.41, 5.74) is 3.40. The van der Waals surface area contributed by atoms with Gasteiger partial charge in [0.1, 0.15) is 0 Å². The minimum absolute atomic E-state index is 0.273. The third kappa shape index (κ3) is 2.22. The van der Waals surface area contributed by atoms with Crippen LogP contribution in [0.15, 0.2) is 6.07 Å². The number of amides is 1. The molecule has 0 aliphatic carbocycles. The molecule has 0 unspecified atom stereocenters. The fraction of sp³-hybridized carbons (Fsp3) is 0.583. The van der Waals surface area contributed by atoms with E-state index >= 15 is 0 Å². The molecular formula is C12H18N2O. The number of hydrogen-bond acceptors (Lipinski definition) is 1. The summed E-state index contributed by atoms with van der Waals surface area (Å²) < 4.78 is 0. The molecule has 82 valence electrons. The van der Waals surface area contributed by atoms with E-state index < -0.39 is 0 Å². The molecule has 1 aliphatic heterocycles. The molecule has 3 nitrogen and oxygen atoms in total. The van der Waals surface area contributed by atoms with E-state index in [2.05, 4.69) is 11.1 Å². The van der Waals surface area contributed by atoms with E-state index in [1.165, 1.54) is 0 Å². The normalized spacial score (nSPS) is 16.0. The average molecular weight is 206 g/mol. The number of rotatable bonds is 2. The first kappa shape index (κ1) is 10.3. The monoisotopic (exact) mass is 206 g/mol. The van der Waals surface area contributed by atoms with Gasteiger partial charge in [0, 0.05) is 24.5 Å². The maximum absolute atomic E-state index is 11.9. The maximum atomic E-state index is 11.9. The summed E-state index contributed by atoms with van der Waals surface area (Å²) in [6.07, 6.45) is 2.88. The molecule has 2 rings (SSSR count). The molecule has 15 heavy (non-hydrogen) atoms. The van der Waals surface area contributed by atoms with Crippen molar-refractivity contribution in [3.8, 4) is 0 Å². The predicted molar refractivity (Wildman–Crippen MR) is 59.8 cm³/mol. The molecule has 1 amide bonds. The van der Waals surface area contributed by atoms with Gasteiger partial charge in [0.2, 0.25) is 5.91 Å². The molecule has 0 atom stereocenters. The molecular weight excluding hydrogens is 188 g/mol. The van der Waals surface area contributed by atoms with E-state index in [0.717, 1.165) is 42.9 Å². The van der Waals surface area contributed by atoms with Gasteiger partial charge in [-0.05, 0) is 38.3 Å². The minimum Gasteiger partial charge on any atom is -0.362 e. The van der Waals surface area contributed by atoms with E-state index in [1.807, 2.05) is 18.7 Å². The summed E-state index contributed by atoms with van der Waals surface area (Å²) in [5, 5.41) is 0. The zero-order valence-electron chi connectivity index (χ0n) is 9.47. The molecule has 1 aromatic rings. The second kappa shape index (κ2) is 4.09. The van der Waals surface area contributed by atoms with Crippen molar-refractivity contribution >= 4 is 5.91 Å². The van der Waals surface area contributed by atoms with Crippen LogP contribution in [-0.2, 0) is 11.2 Å². The first-order chi connectivity index (χ1) is 7.16. The quantitative estimate of drug-likeness (QED) is 0.787. The summed E-state index contributed by atoms with van der Waals surface area (Å²) in [6.45, 7) is 5.94. The van der Waals surface area contributed by atoms with Crippen LogP contribution in [0.3, 0.4) is 0 Å². The zero-order valence-corrected chi connectivity index (χ0v) is 9.47. The topological polar surface area (TPSA) is 36.1 Å². The Morgan fingerprint density at radius 1 is 1.40 bits per heavy atom. The Labute approximate surface area is 90.5 Å². The Bertz CT molecular complexity index is 362. The Morgan fingerprint density at radius 2 is 2.07 bits per heavy atom. The van der Waals surface area contributed by atoms with E-state index in [0.29, 0.717) is 6.42 Å². The standard InChI is InChI=1S/C12H18N2O/c1-9-7-11(10(2)13-9)8-12(15)14-5-3-4-6-14/h7,13H,3-6,8H2,1-2H3. The van der Waals surface area contributed by atoms with Gasteiger partial charge in [-0.3, -0.25) is 4.79 Å². The van der Waals surface area contributed by atoms with Crippen LogP contribution >= 0.6 is 0 Å². The molecule has 0 aromatic carbocycles. The van der Waals surface area contributed by atoms with Crippen molar-refractivity contribution in [2.45, 2.75) is 33.1 Å². The molecule has 1 N–H and O–H groups in total. The van der Waals surface area contributed by atoms with Gasteiger partial charge in [0.05, 0.1) is 6.42 Å². The van der Waals surface area contributed by atoms with Crippen molar-refractivity contribution in [1.29, 1.82) is 0 Å². The van der Waals surface area contributed by atoms with Crippen molar-refractivity contribution in [3.05, 3.63) is 23.0 Å². The number of aromatic nitrogens is 1. The third-order valence-electron chi connectivity index (χ3n) is 3.06. The van der Waals surface area contributed by atoms with Crippen molar-refractivity contribution in [1.82, 2.24) is 9.88 Å². The fourth-order valence-electron chi connectivity index (χ4n) is 2.21. The largest absolute Gasteiger partial charge is 0.362 e. The number of hydrogen-bond donors (Lipinski definition) is 1. The summed E-state index contributed by atoms with van der Waals surface area (Å²) in [7, 11) is 0. The van der Waals surface area contributed by atoms with Crippen LogP contribution in [0.25, 0.3) is 0 Å². The van der Waals surface area contributed by atoms with Gasteiger partial charge in [0.25, 0.3) is 0 Å². The summed E-state index contributed by atoms with van der Waals surface area (Å²) >= 11 is 0. The smallest absolute Gasteiger partial charge is 0.227 e. The fourth-order valence-corrected chi connectivity index (χ4v) is 2.21. The van der Waals surface area contributed by atoms with Crippen LogP contribution in [-0.4, -0.2) is 28.9 Å². The molecule has 1 saturated heterocycles. The maximum Gasteiger partial charge on any atom is 0.227 e. The zero-order chi connectivity index (χ0) is 10.8. The molecule has 0 radical (unpaired) electrons. The van der Waals surface area contributed by atoms with Crippen LogP contribution in [0.2, 0.25) is 0 Å². The predicted octanol–water partition coefficient (Wildman–Crippen LogP) is 1.80. The molecule has 0 bridgehead atoms. The van der Waals surface area contributed by atoms with Gasteiger partial charge < -0.3 is 9.88 Å². The van der Waals surface area contributed by atoms with Crippen LogP contribution < -0.4 is 0 Å². The minimum atomic E-state index is 0.273. The number of aryl methyl sites for hydroxylation is 2. The second-order valence-corrected chi connectivity index (χ2v) is 4.37. The van der Waals surface area contributed by atoms with Crippen molar-refractivity contribution < 1.29 is 4.79 Å². The first-order valence-electron chi connectivity index (χ1n) is 5.59. The Hall–Kier alpha value is -1.25. The molecule has 0 saturated carbocycles. The molecule has 0 spiro atoms. The highest BCUT2D eigenvalue weighted by molar-refractivity contribution is 5.79. The van der Waals surface area contributed by atoms with E-state index in [4.69, 9.17) is 0 Å². The summed E-state index contributed by atoms with van der Waals surface area (Å²) in [5.74, 6) is 0.273. The molecule has 1 fully saturated rings. The summed E-state index contributed by atoms with van der Waals surface area (Å²) in [6, 6.07) is 2.07. The molecule has 1 aromatic heterocycles. The highest BCUT2D eigenvalue weighted by Crippen LogP contribution is 2.14. The number of nitrogens with one attached hydrogen (secondary N) is 1. The van der Waals surface area contributed by atoms with Crippen molar-refractivity contribution in [3.63, 3.8) is 0 Å². The number of carbonyl (C=O) groups is 1. The number of H-pyrrole nitrogens is 1. The first-order valence-corrected chi connectivity index (χ1v) is 5.59. The summed E-state index contributed by atoms with van der Waals surface area (Å²) in [4.78, 5) is 17.1. The number of carbonyl (C=O) groups excluding carboxylic acids is 1. The van der Waals surface area contributed by atoms with E-state index in [-0.39, 0.29) is 5.91 Å². The lowest BCUT2D eigenvalue weighted by Crippen LogP contribution is -2.29. The number of likely N-dealkylation sites (tertiary alicyclic amines) is 1. The molecule has 2 heterocycles. The van der Waals surface area contributed by atoms with Gasteiger partial charge in [-0.2, -0.15) is 0 Å². The van der Waals surface area contributed by atoms with Gasteiger partial charge in [-0.1, -0.05) is 0 Å². The van der Waals surface area contributed by atoms with Crippen LogP contribution in [0.5, 0.6) is 0 Å². The van der Waals surface area contributed by atoms with Gasteiger partial charge >= 0.3 is 0 Å². The number of aromatic amines is 1. The highest BCUT2D eigenvalue weighted by atomic mass is 16.2. The van der Waals surface area contributed by atoms with Crippen LogP contribution in [0.4, 0.5) is 0 Å². The Kier molecular flexibility index (Phi) is 2.80. The van der Waals surface area contributed by atoms with E-state index in [9.17, 15) is 4.79 Å². The van der Waals surface area contributed by atoms with Crippen molar-refractivity contribution in [2.75, 3.05) is 13.1 Å². The Morgan fingerprint density at radius 3 is 2.60 bits per heavy atom. The van der Waals surface area contributed by atoms with Crippen molar-refractivity contribution in [2.24, 2.45) is 0 Å². The Balaban J connectivity index is 2.01. The third-order valence-corrected chi connectivity index (χ3v) is 3.06. The lowest BCUT2D eigenvalue weighted by Gasteiger charge is -2.14. The van der Waals surface area contributed by atoms with Crippen LogP contribution in [0, 0.1) is 13.8 Å². The lowest BCUT2D eigenvalue weighted by atomic mass is 10.1. The van der Waals surface area contributed by atoms with E-state index in [1.54, 1.807) is 0 Å². The lowest BCUT2D eigenvalue weighted by molar-refractivity contribution is -0.129. The average Bonchev–Trinajstić information content (AvgIpc) is 2.76. The van der Waals surface area contributed by atoms with Gasteiger partial charge in [-0.15, -0.1) is 0 Å². The second-order valence-electron chi connectivity index (χ2n) is 4.37.